The van der Waals surface area contributed by atoms with Gasteiger partial charge in [-0.15, -0.1) is 0 Å². The molecule has 108 valence electrons. The first kappa shape index (κ1) is 15.4. The van der Waals surface area contributed by atoms with Crippen LogP contribution in [0, 0.1) is 9.39 Å². The van der Waals surface area contributed by atoms with Crippen molar-refractivity contribution in [2.75, 3.05) is 6.54 Å². The van der Waals surface area contributed by atoms with E-state index in [1.165, 1.54) is 6.07 Å². The van der Waals surface area contributed by atoms with E-state index in [1.807, 2.05) is 16.9 Å². The number of hydrogen-bond donors (Lipinski definition) is 1. The molecule has 1 unspecified atom stereocenters. The third-order valence-electron chi connectivity index (χ3n) is 3.12. The second kappa shape index (κ2) is 7.17. The van der Waals surface area contributed by atoms with Gasteiger partial charge in [0.05, 0.1) is 12.2 Å². The number of benzene rings is 1. The van der Waals surface area contributed by atoms with Crippen LogP contribution in [0.4, 0.5) is 4.39 Å². The quantitative estimate of drug-likeness (QED) is 0.766. The summed E-state index contributed by atoms with van der Waals surface area (Å²) in [7, 11) is 0. The fourth-order valence-electron chi connectivity index (χ4n) is 2.23. The van der Waals surface area contributed by atoms with Crippen molar-refractivity contribution in [1.82, 2.24) is 15.1 Å². The Balaban J connectivity index is 2.34. The van der Waals surface area contributed by atoms with Gasteiger partial charge in [-0.1, -0.05) is 19.9 Å². The molecule has 1 aromatic heterocycles. The van der Waals surface area contributed by atoms with Crippen molar-refractivity contribution in [3.8, 4) is 0 Å². The van der Waals surface area contributed by atoms with Crippen LogP contribution >= 0.6 is 22.6 Å². The van der Waals surface area contributed by atoms with Crippen LogP contribution < -0.4 is 5.32 Å². The molecule has 0 bridgehead atoms. The summed E-state index contributed by atoms with van der Waals surface area (Å²) in [6.07, 6.45) is 5.01. The third kappa shape index (κ3) is 3.58. The van der Waals surface area contributed by atoms with E-state index in [2.05, 4.69) is 53.1 Å². The fourth-order valence-corrected chi connectivity index (χ4v) is 3.02. The minimum Gasteiger partial charge on any atom is -0.306 e. The average molecular weight is 387 g/mol. The summed E-state index contributed by atoms with van der Waals surface area (Å²) in [6.45, 7) is 5.96. The lowest BCUT2D eigenvalue weighted by molar-refractivity contribution is 0.595. The Morgan fingerprint density at radius 2 is 2.20 bits per heavy atom. The van der Waals surface area contributed by atoms with Crippen molar-refractivity contribution in [1.29, 1.82) is 0 Å². The van der Waals surface area contributed by atoms with Crippen molar-refractivity contribution in [2.45, 2.75) is 32.9 Å². The van der Waals surface area contributed by atoms with Crippen molar-refractivity contribution < 1.29 is 4.39 Å². The molecule has 5 heteroatoms. The topological polar surface area (TPSA) is 29.9 Å². The van der Waals surface area contributed by atoms with Crippen LogP contribution in [0.3, 0.4) is 0 Å². The number of hydrogen-bond acceptors (Lipinski definition) is 2. The van der Waals surface area contributed by atoms with Gasteiger partial charge in [-0.3, -0.25) is 4.68 Å². The number of nitrogens with zero attached hydrogens (tertiary/aromatic N) is 2. The molecule has 2 rings (SSSR count). The van der Waals surface area contributed by atoms with E-state index in [4.69, 9.17) is 0 Å². The summed E-state index contributed by atoms with van der Waals surface area (Å²) in [4.78, 5) is 0. The van der Waals surface area contributed by atoms with Crippen molar-refractivity contribution in [3.05, 3.63) is 51.1 Å². The van der Waals surface area contributed by atoms with Crippen LogP contribution in [0.2, 0.25) is 0 Å². The van der Waals surface area contributed by atoms with Gasteiger partial charge in [-0.2, -0.15) is 5.10 Å². The van der Waals surface area contributed by atoms with Gasteiger partial charge in [-0.25, -0.2) is 4.39 Å². The molecule has 0 aliphatic rings. The summed E-state index contributed by atoms with van der Waals surface area (Å²) in [5, 5.41) is 7.83. The minimum atomic E-state index is -0.199. The van der Waals surface area contributed by atoms with Gasteiger partial charge in [0, 0.05) is 21.9 Å². The highest BCUT2D eigenvalue weighted by atomic mass is 127. The Kier molecular flexibility index (Phi) is 5.54. The maximum absolute atomic E-state index is 13.3. The number of aryl methyl sites for hydroxylation is 1. The van der Waals surface area contributed by atoms with Crippen molar-refractivity contribution in [3.63, 3.8) is 0 Å². The van der Waals surface area contributed by atoms with E-state index in [1.54, 1.807) is 6.07 Å². The first-order valence-electron chi connectivity index (χ1n) is 6.86. The highest BCUT2D eigenvalue weighted by Gasteiger charge is 2.17. The van der Waals surface area contributed by atoms with Crippen LogP contribution in [0.15, 0.2) is 30.6 Å². The molecule has 0 aliphatic carbocycles. The van der Waals surface area contributed by atoms with Crippen molar-refractivity contribution in [2.24, 2.45) is 0 Å². The van der Waals surface area contributed by atoms with Gasteiger partial charge in [-0.05, 0) is 53.3 Å². The van der Waals surface area contributed by atoms with Crippen LogP contribution in [-0.4, -0.2) is 16.3 Å². The van der Waals surface area contributed by atoms with Crippen LogP contribution in [0.1, 0.15) is 37.4 Å². The summed E-state index contributed by atoms with van der Waals surface area (Å²) < 4.78 is 16.1. The second-order valence-electron chi connectivity index (χ2n) is 4.69. The van der Waals surface area contributed by atoms with E-state index in [0.29, 0.717) is 0 Å². The average Bonchev–Trinajstić information content (AvgIpc) is 2.86. The largest absolute Gasteiger partial charge is 0.306 e. The predicted octanol–water partition coefficient (Wildman–Crippen LogP) is 3.74. The lowest BCUT2D eigenvalue weighted by Crippen LogP contribution is -2.22. The number of aromatic nitrogens is 2. The Hall–Kier alpha value is -0.950. The normalized spacial score (nSPS) is 12.6. The van der Waals surface area contributed by atoms with Crippen LogP contribution in [0.5, 0.6) is 0 Å². The van der Waals surface area contributed by atoms with E-state index in [9.17, 15) is 4.39 Å². The molecular weight excluding hydrogens is 368 g/mol. The molecule has 0 fully saturated rings. The highest BCUT2D eigenvalue weighted by Crippen LogP contribution is 2.26. The molecule has 0 amide bonds. The molecule has 1 heterocycles. The number of rotatable bonds is 6. The smallest absolute Gasteiger partial charge is 0.124 e. The molecule has 0 saturated heterocycles. The zero-order chi connectivity index (χ0) is 14.5. The SMILES string of the molecule is CCCn1cc(C(NCC)c2ccc(F)cc2I)cn1. The summed E-state index contributed by atoms with van der Waals surface area (Å²) in [5.41, 5.74) is 2.20. The van der Waals surface area contributed by atoms with E-state index < -0.39 is 0 Å². The number of halogens is 2. The molecule has 0 radical (unpaired) electrons. The molecular formula is C15H19FIN3. The van der Waals surface area contributed by atoms with Gasteiger partial charge >= 0.3 is 0 Å². The molecule has 1 N–H and O–H groups in total. The van der Waals surface area contributed by atoms with E-state index in [0.717, 1.165) is 34.2 Å². The molecule has 0 spiro atoms. The zero-order valence-electron chi connectivity index (χ0n) is 11.7. The van der Waals surface area contributed by atoms with Gasteiger partial charge in [0.1, 0.15) is 5.82 Å². The van der Waals surface area contributed by atoms with Crippen molar-refractivity contribution >= 4 is 22.6 Å². The van der Waals surface area contributed by atoms with Gasteiger partial charge in [0.2, 0.25) is 0 Å². The molecule has 1 atom stereocenters. The van der Waals surface area contributed by atoms with Gasteiger partial charge in [0.25, 0.3) is 0 Å². The standard InChI is InChI=1S/C15H19FIN3/c1-3-7-20-10-11(9-19-20)15(18-4-2)13-6-5-12(16)8-14(13)17/h5-6,8-10,15,18H,3-4,7H2,1-2H3. The Morgan fingerprint density at radius 1 is 1.40 bits per heavy atom. The second-order valence-corrected chi connectivity index (χ2v) is 5.86. The lowest BCUT2D eigenvalue weighted by atomic mass is 10.0. The lowest BCUT2D eigenvalue weighted by Gasteiger charge is -2.18. The fraction of sp³-hybridized carbons (Fsp3) is 0.400. The summed E-state index contributed by atoms with van der Waals surface area (Å²) >= 11 is 2.18. The molecule has 3 nitrogen and oxygen atoms in total. The molecule has 0 saturated carbocycles. The molecule has 2 aromatic rings. The molecule has 0 aliphatic heterocycles. The van der Waals surface area contributed by atoms with Gasteiger partial charge in [0.15, 0.2) is 0 Å². The highest BCUT2D eigenvalue weighted by molar-refractivity contribution is 14.1. The number of nitrogens with one attached hydrogen (secondary N) is 1. The molecule has 1 aromatic carbocycles. The van der Waals surface area contributed by atoms with Crippen LogP contribution in [0.25, 0.3) is 0 Å². The Labute approximate surface area is 132 Å². The van der Waals surface area contributed by atoms with E-state index >= 15 is 0 Å². The predicted molar refractivity (Wildman–Crippen MR) is 87.2 cm³/mol. The Morgan fingerprint density at radius 3 is 2.85 bits per heavy atom. The monoisotopic (exact) mass is 387 g/mol. The third-order valence-corrected chi connectivity index (χ3v) is 4.06. The van der Waals surface area contributed by atoms with Crippen LogP contribution in [-0.2, 0) is 6.54 Å². The molecule has 20 heavy (non-hydrogen) atoms. The zero-order valence-corrected chi connectivity index (χ0v) is 13.9. The Bertz CT molecular complexity index is 568. The maximum Gasteiger partial charge on any atom is 0.124 e. The van der Waals surface area contributed by atoms with Gasteiger partial charge < -0.3 is 5.32 Å². The summed E-state index contributed by atoms with van der Waals surface area (Å²) in [6, 6.07) is 4.98. The summed E-state index contributed by atoms with van der Waals surface area (Å²) in [5.74, 6) is -0.199. The first-order valence-corrected chi connectivity index (χ1v) is 7.94. The minimum absolute atomic E-state index is 0.0538. The first-order chi connectivity index (χ1) is 9.65. The maximum atomic E-state index is 13.3. The van der Waals surface area contributed by atoms with E-state index in [-0.39, 0.29) is 11.9 Å².